The number of para-hydroxylation sites is 1. The molecule has 1 aliphatic rings. The maximum Gasteiger partial charge on any atom is 0.244 e. The summed E-state index contributed by atoms with van der Waals surface area (Å²) in [6.45, 7) is 5.74. The summed E-state index contributed by atoms with van der Waals surface area (Å²) in [7, 11) is 0. The smallest absolute Gasteiger partial charge is 0.244 e. The van der Waals surface area contributed by atoms with Crippen LogP contribution >= 0.6 is 11.6 Å². The third-order valence-electron chi connectivity index (χ3n) is 3.54. The van der Waals surface area contributed by atoms with E-state index in [1.54, 1.807) is 0 Å². The van der Waals surface area contributed by atoms with Crippen LogP contribution in [0.5, 0.6) is 0 Å². The Morgan fingerprint density at radius 1 is 1.47 bits per heavy atom. The Morgan fingerprint density at radius 2 is 2.26 bits per heavy atom. The molecule has 0 aromatic heterocycles. The van der Waals surface area contributed by atoms with Crippen LogP contribution in [0.4, 0.5) is 5.69 Å². The number of carbonyl (C=O) groups excluding carboxylic acids is 1. The lowest BCUT2D eigenvalue weighted by Gasteiger charge is -2.34. The van der Waals surface area contributed by atoms with E-state index in [1.165, 1.54) is 0 Å². The number of benzene rings is 1. The molecular formula is C15H21ClN2O. The summed E-state index contributed by atoms with van der Waals surface area (Å²) in [5.41, 5.74) is 1.93. The quantitative estimate of drug-likeness (QED) is 0.919. The predicted octanol–water partition coefficient (Wildman–Crippen LogP) is 3.14. The molecule has 104 valence electrons. The van der Waals surface area contributed by atoms with Gasteiger partial charge in [0.2, 0.25) is 5.91 Å². The fraction of sp³-hybridized carbons (Fsp3) is 0.533. The van der Waals surface area contributed by atoms with Gasteiger partial charge in [-0.25, -0.2) is 0 Å². The van der Waals surface area contributed by atoms with Crippen molar-refractivity contribution in [3.63, 3.8) is 0 Å². The second kappa shape index (κ2) is 6.40. The van der Waals surface area contributed by atoms with E-state index in [4.69, 9.17) is 11.6 Å². The van der Waals surface area contributed by atoms with Gasteiger partial charge in [-0.15, -0.1) is 0 Å². The van der Waals surface area contributed by atoms with Crippen molar-refractivity contribution in [2.45, 2.75) is 39.2 Å². The van der Waals surface area contributed by atoms with E-state index in [9.17, 15) is 4.79 Å². The highest BCUT2D eigenvalue weighted by atomic mass is 35.5. The summed E-state index contributed by atoms with van der Waals surface area (Å²) >= 11 is 6.27. The lowest BCUT2D eigenvalue weighted by molar-refractivity contribution is -0.121. The van der Waals surface area contributed by atoms with Gasteiger partial charge in [-0.3, -0.25) is 4.79 Å². The molecule has 0 saturated carbocycles. The van der Waals surface area contributed by atoms with Crippen LogP contribution in [-0.2, 0) is 4.79 Å². The average molecular weight is 281 g/mol. The van der Waals surface area contributed by atoms with Crippen molar-refractivity contribution in [1.82, 2.24) is 5.32 Å². The monoisotopic (exact) mass is 280 g/mol. The van der Waals surface area contributed by atoms with Gasteiger partial charge >= 0.3 is 0 Å². The minimum absolute atomic E-state index is 0.0654. The molecule has 1 aromatic rings. The van der Waals surface area contributed by atoms with Crippen LogP contribution in [0.15, 0.2) is 18.2 Å². The van der Waals surface area contributed by atoms with Crippen LogP contribution < -0.4 is 10.2 Å². The third kappa shape index (κ3) is 3.10. The molecular weight excluding hydrogens is 260 g/mol. The molecule has 1 atom stereocenters. The second-order valence-corrected chi connectivity index (χ2v) is 5.45. The van der Waals surface area contributed by atoms with E-state index in [1.807, 2.05) is 30.0 Å². The SMILES string of the molecule is CCCNC1CCCN(c2c(C)cccc2Cl)C1=O. The summed E-state index contributed by atoms with van der Waals surface area (Å²) in [6.07, 6.45) is 2.96. The Bertz CT molecular complexity index is 441. The maximum atomic E-state index is 12.5. The first-order valence-electron chi connectivity index (χ1n) is 6.95. The molecule has 4 heteroatoms. The van der Waals surface area contributed by atoms with Gasteiger partial charge in [0.05, 0.1) is 16.8 Å². The van der Waals surface area contributed by atoms with Crippen molar-refractivity contribution in [3.8, 4) is 0 Å². The van der Waals surface area contributed by atoms with E-state index >= 15 is 0 Å². The van der Waals surface area contributed by atoms with E-state index in [0.717, 1.165) is 43.6 Å². The third-order valence-corrected chi connectivity index (χ3v) is 3.84. The Labute approximate surface area is 119 Å². The number of nitrogens with one attached hydrogen (secondary N) is 1. The minimum atomic E-state index is -0.0654. The molecule has 3 nitrogen and oxygen atoms in total. The fourth-order valence-electron chi connectivity index (χ4n) is 2.57. The zero-order valence-corrected chi connectivity index (χ0v) is 12.3. The summed E-state index contributed by atoms with van der Waals surface area (Å²) in [5.74, 6) is 0.149. The first-order chi connectivity index (χ1) is 9.15. The molecule has 1 saturated heterocycles. The van der Waals surface area contributed by atoms with Crippen molar-refractivity contribution in [2.24, 2.45) is 0 Å². The molecule has 1 fully saturated rings. The molecule has 1 aromatic carbocycles. The second-order valence-electron chi connectivity index (χ2n) is 5.04. The topological polar surface area (TPSA) is 32.3 Å². The largest absolute Gasteiger partial charge is 0.309 e. The Kier molecular flexibility index (Phi) is 4.83. The number of hydrogen-bond acceptors (Lipinski definition) is 2. The van der Waals surface area contributed by atoms with Crippen LogP contribution in [0.1, 0.15) is 31.7 Å². The van der Waals surface area contributed by atoms with E-state index in [0.29, 0.717) is 5.02 Å². The molecule has 1 unspecified atom stereocenters. The number of aryl methyl sites for hydroxylation is 1. The van der Waals surface area contributed by atoms with Gasteiger partial charge in [0.1, 0.15) is 0 Å². The van der Waals surface area contributed by atoms with Crippen LogP contribution in [0.25, 0.3) is 0 Å². The number of halogens is 1. The number of piperidine rings is 1. The normalized spacial score (nSPS) is 19.8. The highest BCUT2D eigenvalue weighted by Crippen LogP contribution is 2.32. The van der Waals surface area contributed by atoms with Crippen LogP contribution in [0.3, 0.4) is 0 Å². The maximum absolute atomic E-state index is 12.5. The van der Waals surface area contributed by atoms with Gasteiger partial charge in [-0.2, -0.15) is 0 Å². The Balaban J connectivity index is 2.22. The fourth-order valence-corrected chi connectivity index (χ4v) is 2.89. The number of anilines is 1. The molecule has 2 rings (SSSR count). The van der Waals surface area contributed by atoms with Gasteiger partial charge in [-0.1, -0.05) is 30.7 Å². The first-order valence-corrected chi connectivity index (χ1v) is 7.32. The highest BCUT2D eigenvalue weighted by Gasteiger charge is 2.30. The van der Waals surface area contributed by atoms with Gasteiger partial charge in [0.15, 0.2) is 0 Å². The molecule has 0 radical (unpaired) electrons. The number of rotatable bonds is 4. The van der Waals surface area contributed by atoms with Gasteiger partial charge in [0, 0.05) is 6.54 Å². The predicted molar refractivity (Wildman–Crippen MR) is 79.9 cm³/mol. The summed E-state index contributed by atoms with van der Waals surface area (Å²) in [4.78, 5) is 14.4. The molecule has 1 amide bonds. The number of nitrogens with zero attached hydrogens (tertiary/aromatic N) is 1. The lowest BCUT2D eigenvalue weighted by Crippen LogP contribution is -2.51. The van der Waals surface area contributed by atoms with E-state index < -0.39 is 0 Å². The van der Waals surface area contributed by atoms with Crippen LogP contribution in [-0.4, -0.2) is 25.0 Å². The molecule has 1 heterocycles. The molecule has 19 heavy (non-hydrogen) atoms. The number of carbonyl (C=O) groups is 1. The van der Waals surface area contributed by atoms with E-state index in [2.05, 4.69) is 12.2 Å². The van der Waals surface area contributed by atoms with Crippen LogP contribution in [0, 0.1) is 6.92 Å². The van der Waals surface area contributed by atoms with Crippen molar-refractivity contribution >= 4 is 23.2 Å². The molecule has 0 bridgehead atoms. The van der Waals surface area contributed by atoms with Crippen molar-refractivity contribution in [3.05, 3.63) is 28.8 Å². The van der Waals surface area contributed by atoms with Gasteiger partial charge in [0.25, 0.3) is 0 Å². The molecule has 1 N–H and O–H groups in total. The Hall–Kier alpha value is -1.06. The summed E-state index contributed by atoms with van der Waals surface area (Å²) in [6, 6.07) is 5.70. The first kappa shape index (κ1) is 14.4. The van der Waals surface area contributed by atoms with Gasteiger partial charge < -0.3 is 10.2 Å². The van der Waals surface area contributed by atoms with Crippen molar-refractivity contribution in [1.29, 1.82) is 0 Å². The van der Waals surface area contributed by atoms with Crippen molar-refractivity contribution in [2.75, 3.05) is 18.0 Å². The number of amides is 1. The standard InChI is InChI=1S/C15H21ClN2O/c1-3-9-17-13-8-5-10-18(15(13)19)14-11(2)6-4-7-12(14)16/h4,6-7,13,17H,3,5,8-10H2,1-2H3. The lowest BCUT2D eigenvalue weighted by atomic mass is 10.0. The highest BCUT2D eigenvalue weighted by molar-refractivity contribution is 6.34. The molecule has 0 aliphatic carbocycles. The number of hydrogen-bond donors (Lipinski definition) is 1. The molecule has 1 aliphatic heterocycles. The Morgan fingerprint density at radius 3 is 2.95 bits per heavy atom. The minimum Gasteiger partial charge on any atom is -0.309 e. The van der Waals surface area contributed by atoms with Crippen LogP contribution in [0.2, 0.25) is 5.02 Å². The zero-order valence-electron chi connectivity index (χ0n) is 11.6. The van der Waals surface area contributed by atoms with Crippen molar-refractivity contribution < 1.29 is 4.79 Å². The molecule has 0 spiro atoms. The van der Waals surface area contributed by atoms with Gasteiger partial charge in [-0.05, 0) is 44.4 Å². The summed E-state index contributed by atoms with van der Waals surface area (Å²) in [5, 5.41) is 3.98. The van der Waals surface area contributed by atoms with E-state index in [-0.39, 0.29) is 11.9 Å². The average Bonchev–Trinajstić information content (AvgIpc) is 2.39. The summed E-state index contributed by atoms with van der Waals surface area (Å²) < 4.78 is 0. The zero-order chi connectivity index (χ0) is 13.8.